The van der Waals surface area contributed by atoms with Crippen LogP contribution in [0.1, 0.15) is 28.3 Å². The van der Waals surface area contributed by atoms with Gasteiger partial charge in [0.05, 0.1) is 12.3 Å². The second-order valence-electron chi connectivity index (χ2n) is 10.7. The van der Waals surface area contributed by atoms with E-state index >= 15 is 0 Å². The summed E-state index contributed by atoms with van der Waals surface area (Å²) >= 11 is 1.23. The van der Waals surface area contributed by atoms with Gasteiger partial charge in [0.15, 0.2) is 0 Å². The zero-order valence-electron chi connectivity index (χ0n) is 24.1. The van der Waals surface area contributed by atoms with Crippen molar-refractivity contribution in [3.05, 3.63) is 131 Å². The number of pyridine rings is 1. The van der Waals surface area contributed by atoms with Crippen LogP contribution in [0.3, 0.4) is 0 Å². The Kier molecular flexibility index (Phi) is 8.55. The standard InChI is InChI=1S/C34H27F3N4O3S/c1-22-9-10-23-5-2-3-8-28(23)30(22)20-40(19-26-12-14-31(44-26)34(35,36)37)18-25-11-13-29(33-38-15-16-41(25)33)24-6-4-7-27(17-24)45-21-32(42)39-43/h2-17H,18-21H2,1H3. The summed E-state index contributed by atoms with van der Waals surface area (Å²) in [5.74, 6) is -1.57. The molecule has 0 N–H and O–H groups in total. The Balaban J connectivity index is 1.35. The maximum absolute atomic E-state index is 13.3. The van der Waals surface area contributed by atoms with Crippen LogP contribution in [0.2, 0.25) is 0 Å². The van der Waals surface area contributed by atoms with Gasteiger partial charge in [0.1, 0.15) is 11.4 Å². The summed E-state index contributed by atoms with van der Waals surface area (Å²) in [6, 6.07) is 26.1. The molecule has 3 heterocycles. The molecule has 45 heavy (non-hydrogen) atoms. The lowest BCUT2D eigenvalue weighted by atomic mass is 9.99. The van der Waals surface area contributed by atoms with Crippen LogP contribution >= 0.6 is 11.8 Å². The van der Waals surface area contributed by atoms with Crippen LogP contribution in [0.25, 0.3) is 27.5 Å². The van der Waals surface area contributed by atoms with Crippen molar-refractivity contribution in [1.82, 2.24) is 14.3 Å². The topological polar surface area (TPSA) is 80.2 Å². The van der Waals surface area contributed by atoms with Gasteiger partial charge in [0.2, 0.25) is 5.76 Å². The average Bonchev–Trinajstić information content (AvgIpc) is 3.72. The van der Waals surface area contributed by atoms with Crippen molar-refractivity contribution in [3.63, 3.8) is 0 Å². The number of aromatic nitrogens is 2. The highest BCUT2D eigenvalue weighted by atomic mass is 32.2. The molecular weight excluding hydrogens is 601 g/mol. The number of thioether (sulfide) groups is 1. The van der Waals surface area contributed by atoms with Gasteiger partial charge in [-0.25, -0.2) is 4.98 Å². The van der Waals surface area contributed by atoms with Crippen LogP contribution in [0.5, 0.6) is 0 Å². The molecule has 6 aromatic rings. The number of alkyl halides is 3. The Bertz CT molecular complexity index is 2020. The minimum absolute atomic E-state index is 0.0448. The zero-order valence-corrected chi connectivity index (χ0v) is 24.9. The molecule has 0 spiro atoms. The molecule has 3 aromatic carbocycles. The third-order valence-corrected chi connectivity index (χ3v) is 8.58. The molecule has 228 valence electrons. The maximum atomic E-state index is 13.3. The summed E-state index contributed by atoms with van der Waals surface area (Å²) in [5, 5.41) is 4.63. The molecule has 0 fully saturated rings. The van der Waals surface area contributed by atoms with E-state index in [1.54, 1.807) is 6.20 Å². The van der Waals surface area contributed by atoms with Gasteiger partial charge >= 0.3 is 6.18 Å². The van der Waals surface area contributed by atoms with Crippen molar-refractivity contribution >= 4 is 34.1 Å². The van der Waals surface area contributed by atoms with Crippen molar-refractivity contribution in [2.24, 2.45) is 5.18 Å². The van der Waals surface area contributed by atoms with E-state index in [4.69, 9.17) is 4.42 Å². The smallest absolute Gasteiger partial charge is 0.449 e. The van der Waals surface area contributed by atoms with Crippen molar-refractivity contribution in [2.75, 3.05) is 5.75 Å². The first kappa shape index (κ1) is 30.3. The second kappa shape index (κ2) is 12.7. The van der Waals surface area contributed by atoms with Crippen molar-refractivity contribution in [3.8, 4) is 11.1 Å². The number of nitrogens with zero attached hydrogens (tertiary/aromatic N) is 4. The highest BCUT2D eigenvalue weighted by Crippen LogP contribution is 2.33. The molecule has 0 aliphatic heterocycles. The largest absolute Gasteiger partial charge is 0.455 e. The third kappa shape index (κ3) is 6.69. The number of carbonyl (C=O) groups is 1. The Labute approximate surface area is 260 Å². The van der Waals surface area contributed by atoms with E-state index < -0.39 is 17.8 Å². The summed E-state index contributed by atoms with van der Waals surface area (Å²) < 4.78 is 47.3. The van der Waals surface area contributed by atoms with Gasteiger partial charge in [-0.15, -0.1) is 16.7 Å². The molecule has 0 radical (unpaired) electrons. The minimum atomic E-state index is -4.56. The SMILES string of the molecule is Cc1ccc2ccccc2c1CN(Cc1ccc(C(F)(F)F)o1)Cc1ccc(-c2cccc(SCC(=O)N=O)c2)c2nccn12. The van der Waals surface area contributed by atoms with E-state index in [0.717, 1.165) is 49.7 Å². The Morgan fingerprint density at radius 2 is 1.82 bits per heavy atom. The number of imidazole rings is 1. The fourth-order valence-electron chi connectivity index (χ4n) is 5.46. The average molecular weight is 629 g/mol. The number of nitroso groups, excluding NO2 is 1. The molecule has 0 atom stereocenters. The predicted molar refractivity (Wildman–Crippen MR) is 167 cm³/mol. The molecule has 11 heteroatoms. The van der Waals surface area contributed by atoms with E-state index in [1.807, 2.05) is 72.1 Å². The number of furan rings is 1. The molecule has 1 amide bonds. The summed E-state index contributed by atoms with van der Waals surface area (Å²) in [4.78, 5) is 29.4. The van der Waals surface area contributed by atoms with Crippen molar-refractivity contribution < 1.29 is 22.4 Å². The van der Waals surface area contributed by atoms with Gasteiger partial charge in [0, 0.05) is 46.8 Å². The Hall–Kier alpha value is -4.74. The van der Waals surface area contributed by atoms with Crippen LogP contribution < -0.4 is 0 Å². The lowest BCUT2D eigenvalue weighted by molar-refractivity contribution is -0.153. The molecular formula is C34H27F3N4O3S. The molecule has 0 bridgehead atoms. The predicted octanol–water partition coefficient (Wildman–Crippen LogP) is 8.66. The van der Waals surface area contributed by atoms with Crippen LogP contribution in [0.15, 0.2) is 112 Å². The number of hydrogen-bond donors (Lipinski definition) is 0. The quantitative estimate of drug-likeness (QED) is 0.112. The number of aryl methyl sites for hydroxylation is 1. The Morgan fingerprint density at radius 1 is 0.978 bits per heavy atom. The number of halogens is 3. The van der Waals surface area contributed by atoms with Gasteiger partial charge in [-0.2, -0.15) is 13.2 Å². The van der Waals surface area contributed by atoms with Gasteiger partial charge in [-0.05, 0) is 70.8 Å². The highest BCUT2D eigenvalue weighted by Gasteiger charge is 2.35. The summed E-state index contributed by atoms with van der Waals surface area (Å²) in [5.41, 5.74) is 5.52. The first-order valence-electron chi connectivity index (χ1n) is 14.1. The number of fused-ring (bicyclic) bond motifs is 2. The van der Waals surface area contributed by atoms with Crippen LogP contribution in [-0.4, -0.2) is 25.9 Å². The van der Waals surface area contributed by atoms with E-state index in [9.17, 15) is 22.9 Å². The van der Waals surface area contributed by atoms with Crippen LogP contribution in [-0.2, 0) is 30.6 Å². The zero-order chi connectivity index (χ0) is 31.6. The van der Waals surface area contributed by atoms with Crippen molar-refractivity contribution in [2.45, 2.75) is 37.6 Å². The molecule has 6 rings (SSSR count). The lowest BCUT2D eigenvalue weighted by Crippen LogP contribution is -2.24. The molecule has 3 aromatic heterocycles. The van der Waals surface area contributed by atoms with Crippen LogP contribution in [0, 0.1) is 11.8 Å². The molecule has 0 unspecified atom stereocenters. The van der Waals surface area contributed by atoms with Gasteiger partial charge < -0.3 is 8.82 Å². The number of benzene rings is 3. The third-order valence-electron chi connectivity index (χ3n) is 7.61. The number of amides is 1. The number of carbonyl (C=O) groups excluding carboxylic acids is 1. The van der Waals surface area contributed by atoms with E-state index in [1.165, 1.54) is 17.8 Å². The monoisotopic (exact) mass is 628 g/mol. The minimum Gasteiger partial charge on any atom is -0.455 e. The van der Waals surface area contributed by atoms with E-state index in [0.29, 0.717) is 18.7 Å². The normalized spacial score (nSPS) is 11.9. The molecule has 7 nitrogen and oxygen atoms in total. The Morgan fingerprint density at radius 3 is 2.62 bits per heavy atom. The molecule has 0 aliphatic carbocycles. The van der Waals surface area contributed by atoms with Gasteiger partial charge in [-0.3, -0.25) is 9.69 Å². The molecule has 0 saturated carbocycles. The molecule has 0 aliphatic rings. The van der Waals surface area contributed by atoms with Gasteiger partial charge in [0.25, 0.3) is 5.91 Å². The number of hydrogen-bond acceptors (Lipinski definition) is 6. The fourth-order valence-corrected chi connectivity index (χ4v) is 6.19. The van der Waals surface area contributed by atoms with Gasteiger partial charge in [-0.1, -0.05) is 48.5 Å². The summed E-state index contributed by atoms with van der Waals surface area (Å²) in [6.45, 7) is 3.06. The van der Waals surface area contributed by atoms with Crippen molar-refractivity contribution in [1.29, 1.82) is 0 Å². The molecule has 0 saturated heterocycles. The summed E-state index contributed by atoms with van der Waals surface area (Å²) in [7, 11) is 0. The summed E-state index contributed by atoms with van der Waals surface area (Å²) in [6.07, 6.45) is -1.00. The lowest BCUT2D eigenvalue weighted by Gasteiger charge is -2.24. The van der Waals surface area contributed by atoms with Crippen LogP contribution in [0.4, 0.5) is 13.2 Å². The maximum Gasteiger partial charge on any atom is 0.449 e. The van der Waals surface area contributed by atoms with E-state index in [2.05, 4.69) is 33.3 Å². The number of rotatable bonds is 10. The fraction of sp³-hybridized carbons (Fsp3) is 0.176. The second-order valence-corrected chi connectivity index (χ2v) is 11.7. The highest BCUT2D eigenvalue weighted by molar-refractivity contribution is 8.00. The first-order chi connectivity index (χ1) is 21.7. The van der Waals surface area contributed by atoms with E-state index in [-0.39, 0.29) is 18.1 Å². The first-order valence-corrected chi connectivity index (χ1v) is 15.1.